The molecule has 0 aliphatic carbocycles. The fourth-order valence-electron chi connectivity index (χ4n) is 4.79. The van der Waals surface area contributed by atoms with Gasteiger partial charge in [0.05, 0.1) is 23.9 Å². The number of likely N-dealkylation sites (tertiary alicyclic amines) is 1. The molecule has 0 bridgehead atoms. The SMILES string of the molecule is Cn1cc(-c2ccnc(N3CCCC3)n2)c([C@@H]2CCCN2C(=O)Cc2cccc(F)c2)n1. The highest BCUT2D eigenvalue weighted by Crippen LogP contribution is 2.37. The van der Waals surface area contributed by atoms with Crippen molar-refractivity contribution < 1.29 is 9.18 Å². The van der Waals surface area contributed by atoms with Crippen LogP contribution in [0.4, 0.5) is 10.3 Å². The van der Waals surface area contributed by atoms with Crippen molar-refractivity contribution in [3.63, 3.8) is 0 Å². The normalized spacial score (nSPS) is 18.5. The van der Waals surface area contributed by atoms with E-state index in [-0.39, 0.29) is 24.2 Å². The lowest BCUT2D eigenvalue weighted by Crippen LogP contribution is -2.32. The molecule has 2 aliphatic rings. The highest BCUT2D eigenvalue weighted by Gasteiger charge is 2.34. The van der Waals surface area contributed by atoms with E-state index >= 15 is 0 Å². The van der Waals surface area contributed by atoms with Gasteiger partial charge >= 0.3 is 0 Å². The fourth-order valence-corrected chi connectivity index (χ4v) is 4.79. The largest absolute Gasteiger partial charge is 0.341 e. The van der Waals surface area contributed by atoms with Crippen LogP contribution in [-0.2, 0) is 18.3 Å². The van der Waals surface area contributed by atoms with Crippen molar-refractivity contribution in [1.82, 2.24) is 24.6 Å². The van der Waals surface area contributed by atoms with Crippen LogP contribution in [0.15, 0.2) is 42.7 Å². The Morgan fingerprint density at radius 1 is 1.16 bits per heavy atom. The van der Waals surface area contributed by atoms with Crippen molar-refractivity contribution in [3.8, 4) is 11.3 Å². The molecule has 2 aromatic heterocycles. The number of hydrogen-bond acceptors (Lipinski definition) is 5. The molecule has 4 heterocycles. The van der Waals surface area contributed by atoms with Crippen LogP contribution in [0.3, 0.4) is 0 Å². The van der Waals surface area contributed by atoms with Crippen LogP contribution < -0.4 is 4.90 Å². The monoisotopic (exact) mass is 434 g/mol. The van der Waals surface area contributed by atoms with Gasteiger partial charge in [0.25, 0.3) is 0 Å². The number of nitrogens with zero attached hydrogens (tertiary/aromatic N) is 6. The van der Waals surface area contributed by atoms with Crippen LogP contribution in [0.2, 0.25) is 0 Å². The van der Waals surface area contributed by atoms with E-state index in [9.17, 15) is 9.18 Å². The Kier molecular flexibility index (Phi) is 5.59. The van der Waals surface area contributed by atoms with Gasteiger partial charge in [0.2, 0.25) is 11.9 Å². The van der Waals surface area contributed by atoms with Crippen molar-refractivity contribution in [1.29, 1.82) is 0 Å². The van der Waals surface area contributed by atoms with Gasteiger partial charge in [-0.25, -0.2) is 14.4 Å². The van der Waals surface area contributed by atoms with E-state index < -0.39 is 0 Å². The third kappa shape index (κ3) is 4.09. The minimum atomic E-state index is -0.321. The Morgan fingerprint density at radius 3 is 2.81 bits per heavy atom. The van der Waals surface area contributed by atoms with Crippen LogP contribution >= 0.6 is 0 Å². The number of rotatable bonds is 5. The van der Waals surface area contributed by atoms with Gasteiger partial charge in [0.15, 0.2) is 0 Å². The molecule has 0 unspecified atom stereocenters. The van der Waals surface area contributed by atoms with E-state index in [2.05, 4.69) is 9.88 Å². The maximum Gasteiger partial charge on any atom is 0.227 e. The van der Waals surface area contributed by atoms with Gasteiger partial charge in [0.1, 0.15) is 5.82 Å². The van der Waals surface area contributed by atoms with Crippen molar-refractivity contribution in [2.75, 3.05) is 24.5 Å². The van der Waals surface area contributed by atoms with Gasteiger partial charge in [-0.15, -0.1) is 0 Å². The first-order valence-corrected chi connectivity index (χ1v) is 11.2. The quantitative estimate of drug-likeness (QED) is 0.615. The number of benzene rings is 1. The van der Waals surface area contributed by atoms with E-state index in [0.717, 1.165) is 61.7 Å². The number of carbonyl (C=O) groups excluding carboxylic acids is 1. The van der Waals surface area contributed by atoms with Crippen LogP contribution in [0.25, 0.3) is 11.3 Å². The smallest absolute Gasteiger partial charge is 0.227 e. The Bertz CT molecular complexity index is 1120. The molecule has 1 amide bonds. The van der Waals surface area contributed by atoms with Crippen LogP contribution in [0, 0.1) is 5.82 Å². The standard InChI is InChI=1S/C24H27FN6O/c1-29-16-19(20-9-10-26-24(27-20)30-11-2-3-12-30)23(28-29)21-8-5-13-31(21)22(32)15-17-6-4-7-18(25)14-17/h4,6-7,9-10,14,16,21H,2-3,5,8,11-13,15H2,1H3/t21-/m0/s1. The summed E-state index contributed by atoms with van der Waals surface area (Å²) in [7, 11) is 1.89. The summed E-state index contributed by atoms with van der Waals surface area (Å²) in [6, 6.07) is 8.05. The lowest BCUT2D eigenvalue weighted by molar-refractivity contribution is -0.131. The second-order valence-electron chi connectivity index (χ2n) is 8.59. The Labute approximate surface area is 186 Å². The first-order valence-electron chi connectivity index (χ1n) is 11.2. The first kappa shape index (κ1) is 20.6. The van der Waals surface area contributed by atoms with Crippen molar-refractivity contribution in [2.24, 2.45) is 7.05 Å². The molecule has 3 aromatic rings. The predicted molar refractivity (Wildman–Crippen MR) is 119 cm³/mol. The van der Waals surface area contributed by atoms with E-state index in [1.807, 2.05) is 24.2 Å². The molecule has 2 saturated heterocycles. The van der Waals surface area contributed by atoms with E-state index in [1.54, 1.807) is 23.0 Å². The average molecular weight is 435 g/mol. The fraction of sp³-hybridized carbons (Fsp3) is 0.417. The van der Waals surface area contributed by atoms with Gasteiger partial charge in [-0.3, -0.25) is 9.48 Å². The van der Waals surface area contributed by atoms with Gasteiger partial charge in [-0.05, 0) is 49.4 Å². The summed E-state index contributed by atoms with van der Waals surface area (Å²) in [6.45, 7) is 2.64. The molecule has 0 N–H and O–H groups in total. The third-order valence-electron chi connectivity index (χ3n) is 6.30. The summed E-state index contributed by atoms with van der Waals surface area (Å²) in [6.07, 6.45) is 8.05. The molecule has 1 atom stereocenters. The van der Waals surface area contributed by atoms with Crippen LogP contribution in [-0.4, -0.2) is 50.2 Å². The summed E-state index contributed by atoms with van der Waals surface area (Å²) >= 11 is 0. The molecule has 1 aromatic carbocycles. The molecule has 7 nitrogen and oxygen atoms in total. The van der Waals surface area contributed by atoms with Gasteiger partial charge in [-0.1, -0.05) is 12.1 Å². The van der Waals surface area contributed by atoms with Gasteiger partial charge < -0.3 is 9.80 Å². The van der Waals surface area contributed by atoms with E-state index in [4.69, 9.17) is 10.1 Å². The summed E-state index contributed by atoms with van der Waals surface area (Å²) in [5.74, 6) is 0.424. The minimum absolute atomic E-state index is 0.00449. The van der Waals surface area contributed by atoms with E-state index in [1.165, 1.54) is 12.1 Å². The van der Waals surface area contributed by atoms with Gasteiger partial charge in [0, 0.05) is 44.6 Å². The Hall–Kier alpha value is -3.29. The zero-order valence-corrected chi connectivity index (χ0v) is 18.2. The minimum Gasteiger partial charge on any atom is -0.341 e. The molecule has 5 rings (SSSR count). The topological polar surface area (TPSA) is 67.2 Å². The zero-order chi connectivity index (χ0) is 22.1. The number of aromatic nitrogens is 4. The van der Waals surface area contributed by atoms with Crippen LogP contribution in [0.5, 0.6) is 0 Å². The highest BCUT2D eigenvalue weighted by atomic mass is 19.1. The molecule has 166 valence electrons. The Balaban J connectivity index is 1.42. The lowest BCUT2D eigenvalue weighted by atomic mass is 10.0. The molecule has 0 radical (unpaired) electrons. The van der Waals surface area contributed by atoms with Crippen molar-refractivity contribution in [3.05, 3.63) is 59.8 Å². The van der Waals surface area contributed by atoms with Crippen molar-refractivity contribution in [2.45, 2.75) is 38.1 Å². The third-order valence-corrected chi connectivity index (χ3v) is 6.30. The number of amides is 1. The second kappa shape index (κ2) is 8.68. The van der Waals surface area contributed by atoms with Crippen molar-refractivity contribution >= 4 is 11.9 Å². The molecular formula is C24H27FN6O. The predicted octanol–water partition coefficient (Wildman–Crippen LogP) is 3.52. The first-order chi connectivity index (χ1) is 15.6. The zero-order valence-electron chi connectivity index (χ0n) is 18.2. The number of hydrogen-bond donors (Lipinski definition) is 0. The molecule has 8 heteroatoms. The second-order valence-corrected chi connectivity index (χ2v) is 8.59. The maximum absolute atomic E-state index is 13.6. The maximum atomic E-state index is 13.6. The molecule has 0 spiro atoms. The lowest BCUT2D eigenvalue weighted by Gasteiger charge is -2.24. The molecule has 2 fully saturated rings. The molecular weight excluding hydrogens is 407 g/mol. The highest BCUT2D eigenvalue weighted by molar-refractivity contribution is 5.80. The summed E-state index contributed by atoms with van der Waals surface area (Å²) in [5.41, 5.74) is 3.32. The van der Waals surface area contributed by atoms with E-state index in [0.29, 0.717) is 12.1 Å². The number of carbonyl (C=O) groups is 1. The summed E-state index contributed by atoms with van der Waals surface area (Å²) < 4.78 is 15.4. The molecule has 2 aliphatic heterocycles. The van der Waals surface area contributed by atoms with Crippen LogP contribution in [0.1, 0.15) is 43.0 Å². The average Bonchev–Trinajstić information content (AvgIpc) is 3.54. The molecule has 0 saturated carbocycles. The molecule has 32 heavy (non-hydrogen) atoms. The summed E-state index contributed by atoms with van der Waals surface area (Å²) in [5, 5.41) is 4.74. The number of aryl methyl sites for hydroxylation is 1. The Morgan fingerprint density at radius 2 is 2.00 bits per heavy atom. The van der Waals surface area contributed by atoms with Gasteiger partial charge in [-0.2, -0.15) is 5.10 Å². The summed E-state index contributed by atoms with van der Waals surface area (Å²) in [4.78, 5) is 26.5. The number of anilines is 1. The number of halogens is 1.